The maximum absolute atomic E-state index is 11.6. The normalized spacial score (nSPS) is 17.0. The third-order valence-electron chi connectivity index (χ3n) is 1.23. The second-order valence-electron chi connectivity index (χ2n) is 2.50. The molecule has 0 aromatic heterocycles. The van der Waals surface area contributed by atoms with E-state index in [1.165, 1.54) is 6.92 Å². The first-order valence-electron chi connectivity index (χ1n) is 3.80. The van der Waals surface area contributed by atoms with E-state index >= 15 is 0 Å². The Kier molecular flexibility index (Phi) is 4.96. The van der Waals surface area contributed by atoms with Crippen LogP contribution in [0.2, 0.25) is 0 Å². The van der Waals surface area contributed by atoms with Crippen LogP contribution >= 0.6 is 7.60 Å². The van der Waals surface area contributed by atoms with E-state index in [2.05, 4.69) is 4.52 Å². The van der Waals surface area contributed by atoms with E-state index in [-0.39, 0.29) is 13.0 Å². The minimum Gasteiger partial charge on any atom is -0.324 e. The first-order chi connectivity index (χ1) is 5.77. The summed E-state index contributed by atoms with van der Waals surface area (Å²) in [7, 11) is -3.78. The molecule has 80 valence electrons. The molecule has 0 aromatic carbocycles. The van der Waals surface area contributed by atoms with Gasteiger partial charge in [0.1, 0.15) is 0 Å². The molecule has 1 unspecified atom stereocenters. The fourth-order valence-corrected chi connectivity index (χ4v) is 1.84. The Hall–Kier alpha value is -0.0600. The molecular weight excluding hydrogens is 208 g/mol. The van der Waals surface area contributed by atoms with Gasteiger partial charge in [-0.25, -0.2) is 0 Å². The molecule has 0 fully saturated rings. The highest BCUT2D eigenvalue weighted by Gasteiger charge is 2.28. The summed E-state index contributed by atoms with van der Waals surface area (Å²) >= 11 is 0. The molecule has 0 rings (SSSR count). The van der Waals surface area contributed by atoms with Gasteiger partial charge in [0, 0.05) is 6.42 Å². The quantitative estimate of drug-likeness (QED) is 0.724. The van der Waals surface area contributed by atoms with Crippen LogP contribution in [0.5, 0.6) is 0 Å². The van der Waals surface area contributed by atoms with E-state index in [4.69, 9.17) is 4.89 Å². The van der Waals surface area contributed by atoms with Gasteiger partial charge in [-0.2, -0.15) is 13.2 Å². The Morgan fingerprint density at radius 1 is 1.46 bits per heavy atom. The number of hydrogen-bond acceptors (Lipinski definition) is 2. The predicted octanol–water partition coefficient (Wildman–Crippen LogP) is 2.55. The van der Waals surface area contributed by atoms with E-state index in [9.17, 15) is 17.7 Å². The summed E-state index contributed by atoms with van der Waals surface area (Å²) in [5.41, 5.74) is 0. The number of alkyl halides is 3. The third kappa shape index (κ3) is 8.28. The lowest BCUT2D eigenvalue weighted by atomic mass is 10.3. The predicted molar refractivity (Wildman–Crippen MR) is 41.6 cm³/mol. The molecule has 0 aliphatic carbocycles. The number of rotatable bonds is 5. The molecule has 1 N–H and O–H groups in total. The fourth-order valence-electron chi connectivity index (χ4n) is 0.746. The average Bonchev–Trinajstić information content (AvgIpc) is 1.82. The van der Waals surface area contributed by atoms with Crippen LogP contribution in [0.1, 0.15) is 19.8 Å². The Morgan fingerprint density at radius 2 is 2.00 bits per heavy atom. The molecule has 0 amide bonds. The number of hydrogen-bond donors (Lipinski definition) is 1. The maximum Gasteiger partial charge on any atom is 0.389 e. The lowest BCUT2D eigenvalue weighted by molar-refractivity contribution is -0.134. The van der Waals surface area contributed by atoms with Gasteiger partial charge in [0.25, 0.3) is 0 Å². The third-order valence-corrected chi connectivity index (χ3v) is 2.77. The van der Waals surface area contributed by atoms with Gasteiger partial charge in [-0.15, -0.1) is 0 Å². The maximum atomic E-state index is 11.6. The number of halogens is 3. The zero-order valence-corrected chi connectivity index (χ0v) is 8.07. The van der Waals surface area contributed by atoms with Gasteiger partial charge < -0.3 is 9.42 Å². The van der Waals surface area contributed by atoms with Gasteiger partial charge in [0.05, 0.1) is 12.8 Å². The van der Waals surface area contributed by atoms with Crippen LogP contribution in [0.4, 0.5) is 13.2 Å². The van der Waals surface area contributed by atoms with E-state index in [1.54, 1.807) is 0 Å². The molecule has 0 spiro atoms. The zero-order chi connectivity index (χ0) is 10.5. The smallest absolute Gasteiger partial charge is 0.324 e. The second kappa shape index (κ2) is 4.98. The van der Waals surface area contributed by atoms with Crippen molar-refractivity contribution in [3.63, 3.8) is 0 Å². The van der Waals surface area contributed by atoms with Crippen molar-refractivity contribution in [3.8, 4) is 0 Å². The monoisotopic (exact) mass is 220 g/mol. The summed E-state index contributed by atoms with van der Waals surface area (Å²) < 4.78 is 50.1. The summed E-state index contributed by atoms with van der Waals surface area (Å²) in [5.74, 6) is 0. The van der Waals surface area contributed by atoms with Crippen molar-refractivity contribution in [2.24, 2.45) is 0 Å². The minimum atomic E-state index is -4.27. The standard InChI is InChI=1S/C6H12F3O3P/c1-2-12-13(10,11)5-3-4-6(7,8)9/h2-5H2,1H3,(H,10,11). The highest BCUT2D eigenvalue weighted by atomic mass is 31.2. The lowest BCUT2D eigenvalue weighted by Gasteiger charge is -2.11. The zero-order valence-electron chi connectivity index (χ0n) is 7.17. The summed E-state index contributed by atoms with van der Waals surface area (Å²) in [6, 6.07) is 0. The van der Waals surface area contributed by atoms with Crippen LogP contribution in [0.15, 0.2) is 0 Å². The minimum absolute atomic E-state index is 0.0276. The van der Waals surface area contributed by atoms with Crippen LogP contribution in [-0.2, 0) is 9.09 Å². The van der Waals surface area contributed by atoms with Gasteiger partial charge in [0.2, 0.25) is 0 Å². The van der Waals surface area contributed by atoms with Crippen molar-refractivity contribution in [2.45, 2.75) is 25.9 Å². The van der Waals surface area contributed by atoms with Crippen LogP contribution in [0, 0.1) is 0 Å². The van der Waals surface area contributed by atoms with Gasteiger partial charge in [0.15, 0.2) is 0 Å². The molecular formula is C6H12F3O3P. The fraction of sp³-hybridized carbons (Fsp3) is 1.00. The topological polar surface area (TPSA) is 46.5 Å². The molecule has 0 saturated carbocycles. The van der Waals surface area contributed by atoms with Crippen LogP contribution in [0.3, 0.4) is 0 Å². The first-order valence-corrected chi connectivity index (χ1v) is 5.56. The highest BCUT2D eigenvalue weighted by molar-refractivity contribution is 7.52. The lowest BCUT2D eigenvalue weighted by Crippen LogP contribution is -2.08. The SMILES string of the molecule is CCOP(=O)(O)CCCC(F)(F)F. The summed E-state index contributed by atoms with van der Waals surface area (Å²) in [5, 5.41) is 0. The molecule has 0 saturated heterocycles. The highest BCUT2D eigenvalue weighted by Crippen LogP contribution is 2.43. The largest absolute Gasteiger partial charge is 0.389 e. The van der Waals surface area contributed by atoms with Gasteiger partial charge in [-0.3, -0.25) is 4.57 Å². The van der Waals surface area contributed by atoms with Gasteiger partial charge >= 0.3 is 13.8 Å². The van der Waals surface area contributed by atoms with Crippen molar-refractivity contribution >= 4 is 7.60 Å². The summed E-state index contributed by atoms with van der Waals surface area (Å²) in [4.78, 5) is 8.88. The van der Waals surface area contributed by atoms with Gasteiger partial charge in [-0.05, 0) is 13.3 Å². The van der Waals surface area contributed by atoms with Crippen LogP contribution in [0.25, 0.3) is 0 Å². The molecule has 0 aromatic rings. The molecule has 7 heteroatoms. The van der Waals surface area contributed by atoms with Crippen molar-refractivity contribution in [3.05, 3.63) is 0 Å². The van der Waals surface area contributed by atoms with E-state index in [0.717, 1.165) is 0 Å². The Bertz CT molecular complexity index is 192. The summed E-state index contributed by atoms with van der Waals surface area (Å²) in [6.45, 7) is 1.53. The summed E-state index contributed by atoms with van der Waals surface area (Å²) in [6.07, 6.45) is -6.14. The molecule has 0 aliphatic heterocycles. The van der Waals surface area contributed by atoms with Crippen molar-refractivity contribution in [1.29, 1.82) is 0 Å². The van der Waals surface area contributed by atoms with Crippen molar-refractivity contribution in [1.82, 2.24) is 0 Å². The van der Waals surface area contributed by atoms with Crippen molar-refractivity contribution in [2.75, 3.05) is 12.8 Å². The molecule has 0 aliphatic rings. The average molecular weight is 220 g/mol. The van der Waals surface area contributed by atoms with E-state index in [1.807, 2.05) is 0 Å². The van der Waals surface area contributed by atoms with Gasteiger partial charge in [-0.1, -0.05) is 0 Å². The molecule has 1 atom stereocenters. The Balaban J connectivity index is 3.70. The Morgan fingerprint density at radius 3 is 2.38 bits per heavy atom. The first kappa shape index (κ1) is 12.9. The molecule has 0 radical (unpaired) electrons. The second-order valence-corrected chi connectivity index (χ2v) is 4.48. The van der Waals surface area contributed by atoms with Crippen molar-refractivity contribution < 1.29 is 27.2 Å². The molecule has 13 heavy (non-hydrogen) atoms. The van der Waals surface area contributed by atoms with Crippen LogP contribution < -0.4 is 0 Å². The molecule has 0 bridgehead atoms. The molecule has 0 heterocycles. The Labute approximate surface area is 74.4 Å². The van der Waals surface area contributed by atoms with Crippen LogP contribution in [-0.4, -0.2) is 23.8 Å². The van der Waals surface area contributed by atoms with E-state index in [0.29, 0.717) is 0 Å². The molecule has 3 nitrogen and oxygen atoms in total. The van der Waals surface area contributed by atoms with E-state index < -0.39 is 26.4 Å².